The van der Waals surface area contributed by atoms with Crippen molar-refractivity contribution in [1.82, 2.24) is 0 Å². The van der Waals surface area contributed by atoms with E-state index in [1.807, 2.05) is 0 Å². The third-order valence-electron chi connectivity index (χ3n) is 3.10. The number of rotatable bonds is 5. The van der Waals surface area contributed by atoms with E-state index in [1.54, 1.807) is 0 Å². The van der Waals surface area contributed by atoms with Gasteiger partial charge in [-0.05, 0) is 45.4 Å². The van der Waals surface area contributed by atoms with E-state index in [9.17, 15) is 0 Å². The molecule has 0 aromatic heterocycles. The van der Waals surface area contributed by atoms with Crippen LogP contribution in [0.4, 0.5) is 0 Å². The predicted molar refractivity (Wildman–Crippen MR) is 51.8 cm³/mol. The summed E-state index contributed by atoms with van der Waals surface area (Å²) in [7, 11) is 0. The second-order valence-electron chi connectivity index (χ2n) is 4.39. The largest absolute Gasteiger partial charge is 0.376 e. The minimum absolute atomic E-state index is 0.297. The summed E-state index contributed by atoms with van der Waals surface area (Å²) in [4.78, 5) is 0. The first kappa shape index (κ1) is 9.47. The van der Waals surface area contributed by atoms with Gasteiger partial charge in [0.15, 0.2) is 0 Å². The Morgan fingerprint density at radius 3 is 2.15 bits per heavy atom. The van der Waals surface area contributed by atoms with Gasteiger partial charge in [-0.3, -0.25) is 0 Å². The van der Waals surface area contributed by atoms with E-state index < -0.39 is 0 Å². The van der Waals surface area contributed by atoms with Gasteiger partial charge in [-0.1, -0.05) is 0 Å². The highest BCUT2D eigenvalue weighted by Gasteiger charge is 2.22. The van der Waals surface area contributed by atoms with E-state index >= 15 is 0 Å². The lowest BCUT2D eigenvalue weighted by atomic mass is 9.96. The Morgan fingerprint density at radius 1 is 1.08 bits per heavy atom. The summed E-state index contributed by atoms with van der Waals surface area (Å²) < 4.78 is 11.5. The summed E-state index contributed by atoms with van der Waals surface area (Å²) in [6.45, 7) is 2.91. The van der Waals surface area contributed by atoms with Crippen molar-refractivity contribution in [3.05, 3.63) is 0 Å². The van der Waals surface area contributed by atoms with Crippen LogP contribution in [0.15, 0.2) is 0 Å². The second-order valence-corrected chi connectivity index (χ2v) is 4.39. The highest BCUT2D eigenvalue weighted by Crippen LogP contribution is 2.25. The molecule has 0 aliphatic heterocycles. The van der Waals surface area contributed by atoms with Gasteiger partial charge in [0.2, 0.25) is 0 Å². The molecule has 0 spiro atoms. The van der Waals surface area contributed by atoms with Crippen molar-refractivity contribution in [2.24, 2.45) is 0 Å². The summed E-state index contributed by atoms with van der Waals surface area (Å²) in [5.41, 5.74) is 0. The molecule has 0 aromatic carbocycles. The minimum Gasteiger partial charge on any atom is -0.376 e. The fourth-order valence-electron chi connectivity index (χ4n) is 1.68. The van der Waals surface area contributed by atoms with Gasteiger partial charge in [-0.25, -0.2) is 0 Å². The van der Waals surface area contributed by atoms with Crippen LogP contribution in [0.25, 0.3) is 0 Å². The third kappa shape index (κ3) is 2.68. The molecule has 2 saturated carbocycles. The smallest absolute Gasteiger partial charge is 0.0784 e. The Balaban J connectivity index is 1.52. The maximum absolute atomic E-state index is 5.78. The molecule has 13 heavy (non-hydrogen) atoms. The molecule has 0 bridgehead atoms. The Labute approximate surface area is 80.6 Å². The van der Waals surface area contributed by atoms with Crippen molar-refractivity contribution >= 4 is 0 Å². The van der Waals surface area contributed by atoms with Crippen molar-refractivity contribution in [2.45, 2.75) is 63.8 Å². The fraction of sp³-hybridized carbons (Fsp3) is 1.00. The molecule has 2 nitrogen and oxygen atoms in total. The van der Waals surface area contributed by atoms with Crippen LogP contribution in [-0.4, -0.2) is 24.9 Å². The number of ether oxygens (including phenoxy) is 2. The summed E-state index contributed by atoms with van der Waals surface area (Å²) in [6.07, 6.45) is 9.12. The molecule has 0 saturated heterocycles. The molecule has 2 fully saturated rings. The Kier molecular flexibility index (Phi) is 3.23. The van der Waals surface area contributed by atoms with Crippen LogP contribution in [0.3, 0.4) is 0 Å². The zero-order valence-electron chi connectivity index (χ0n) is 8.50. The van der Waals surface area contributed by atoms with Crippen LogP contribution < -0.4 is 0 Å². The zero-order chi connectivity index (χ0) is 9.10. The van der Waals surface area contributed by atoms with E-state index in [2.05, 4.69) is 6.92 Å². The summed E-state index contributed by atoms with van der Waals surface area (Å²) in [5, 5.41) is 0. The van der Waals surface area contributed by atoms with Gasteiger partial charge in [0.1, 0.15) is 0 Å². The molecule has 0 aromatic rings. The Bertz CT molecular complexity index is 150. The van der Waals surface area contributed by atoms with Crippen molar-refractivity contribution in [1.29, 1.82) is 0 Å². The highest BCUT2D eigenvalue weighted by atomic mass is 16.5. The lowest BCUT2D eigenvalue weighted by molar-refractivity contribution is -0.101. The zero-order valence-corrected chi connectivity index (χ0v) is 8.50. The molecule has 0 radical (unpaired) electrons. The first-order valence-electron chi connectivity index (χ1n) is 5.61. The summed E-state index contributed by atoms with van der Waals surface area (Å²) in [6, 6.07) is 0. The topological polar surface area (TPSA) is 18.5 Å². The SMILES string of the molecule is CC(COC1CCC1)OC1CCC1. The van der Waals surface area contributed by atoms with E-state index in [0.717, 1.165) is 6.61 Å². The van der Waals surface area contributed by atoms with Crippen LogP contribution in [0.1, 0.15) is 45.4 Å². The molecule has 2 aliphatic rings. The van der Waals surface area contributed by atoms with Gasteiger partial charge in [0.25, 0.3) is 0 Å². The van der Waals surface area contributed by atoms with Crippen LogP contribution in [0.5, 0.6) is 0 Å². The minimum atomic E-state index is 0.297. The van der Waals surface area contributed by atoms with Gasteiger partial charge >= 0.3 is 0 Å². The van der Waals surface area contributed by atoms with E-state index in [1.165, 1.54) is 38.5 Å². The molecule has 0 heterocycles. The van der Waals surface area contributed by atoms with Crippen LogP contribution >= 0.6 is 0 Å². The predicted octanol–water partition coefficient (Wildman–Crippen LogP) is 2.51. The maximum atomic E-state index is 5.78. The molecule has 0 N–H and O–H groups in total. The second kappa shape index (κ2) is 4.43. The van der Waals surface area contributed by atoms with Crippen molar-refractivity contribution < 1.29 is 9.47 Å². The normalized spacial score (nSPS) is 26.5. The third-order valence-corrected chi connectivity index (χ3v) is 3.10. The first-order valence-corrected chi connectivity index (χ1v) is 5.61. The van der Waals surface area contributed by atoms with Crippen molar-refractivity contribution in [2.75, 3.05) is 6.61 Å². The van der Waals surface area contributed by atoms with Gasteiger partial charge in [0.05, 0.1) is 24.9 Å². The van der Waals surface area contributed by atoms with E-state index in [-0.39, 0.29) is 0 Å². The van der Waals surface area contributed by atoms with E-state index in [4.69, 9.17) is 9.47 Å². The Hall–Kier alpha value is -0.0800. The fourth-order valence-corrected chi connectivity index (χ4v) is 1.68. The van der Waals surface area contributed by atoms with Crippen LogP contribution in [0.2, 0.25) is 0 Å². The first-order chi connectivity index (χ1) is 6.34. The molecular weight excluding hydrogens is 164 g/mol. The quantitative estimate of drug-likeness (QED) is 0.653. The van der Waals surface area contributed by atoms with Gasteiger partial charge < -0.3 is 9.47 Å². The molecule has 76 valence electrons. The van der Waals surface area contributed by atoms with Gasteiger partial charge in [-0.15, -0.1) is 0 Å². The maximum Gasteiger partial charge on any atom is 0.0784 e. The molecule has 1 unspecified atom stereocenters. The summed E-state index contributed by atoms with van der Waals surface area (Å²) >= 11 is 0. The number of hydrogen-bond donors (Lipinski definition) is 0. The average molecular weight is 184 g/mol. The molecular formula is C11H20O2. The van der Waals surface area contributed by atoms with E-state index in [0.29, 0.717) is 18.3 Å². The monoisotopic (exact) mass is 184 g/mol. The molecule has 2 rings (SSSR count). The highest BCUT2D eigenvalue weighted by molar-refractivity contribution is 4.72. The van der Waals surface area contributed by atoms with Gasteiger partial charge in [-0.2, -0.15) is 0 Å². The Morgan fingerprint density at radius 2 is 1.69 bits per heavy atom. The van der Waals surface area contributed by atoms with Gasteiger partial charge in [0, 0.05) is 0 Å². The van der Waals surface area contributed by atoms with Crippen LogP contribution in [0, 0.1) is 0 Å². The standard InChI is InChI=1S/C11H20O2/c1-9(13-11-6-3-7-11)8-12-10-4-2-5-10/h9-11H,2-8H2,1H3. The average Bonchev–Trinajstić information content (AvgIpc) is 1.94. The molecule has 2 aliphatic carbocycles. The molecule has 1 atom stereocenters. The molecule has 2 heteroatoms. The number of hydrogen-bond acceptors (Lipinski definition) is 2. The lowest BCUT2D eigenvalue weighted by Crippen LogP contribution is -2.31. The lowest BCUT2D eigenvalue weighted by Gasteiger charge is -2.31. The molecule has 0 amide bonds. The van der Waals surface area contributed by atoms with Crippen LogP contribution in [-0.2, 0) is 9.47 Å². The summed E-state index contributed by atoms with van der Waals surface area (Å²) in [5.74, 6) is 0. The van der Waals surface area contributed by atoms with Crippen molar-refractivity contribution in [3.8, 4) is 0 Å². The van der Waals surface area contributed by atoms with Crippen molar-refractivity contribution in [3.63, 3.8) is 0 Å².